The summed E-state index contributed by atoms with van der Waals surface area (Å²) in [4.78, 5) is 7.02. The molecule has 2 unspecified atom stereocenters. The lowest BCUT2D eigenvalue weighted by molar-refractivity contribution is 0.166. The van der Waals surface area contributed by atoms with E-state index >= 15 is 0 Å². The maximum atomic E-state index is 4.36. The van der Waals surface area contributed by atoms with Gasteiger partial charge < -0.3 is 10.2 Å². The lowest BCUT2D eigenvalue weighted by atomic mass is 9.97. The first-order valence-electron chi connectivity index (χ1n) is 6.79. The highest BCUT2D eigenvalue weighted by molar-refractivity contribution is 5.03. The van der Waals surface area contributed by atoms with Crippen LogP contribution in [0.15, 0.2) is 24.4 Å². The Morgan fingerprint density at radius 1 is 1.29 bits per heavy atom. The van der Waals surface area contributed by atoms with Crippen molar-refractivity contribution in [2.45, 2.75) is 44.3 Å². The van der Waals surface area contributed by atoms with Crippen molar-refractivity contribution in [1.29, 1.82) is 0 Å². The topological polar surface area (TPSA) is 28.2 Å². The van der Waals surface area contributed by atoms with Crippen LogP contribution in [0.4, 0.5) is 0 Å². The zero-order valence-electron chi connectivity index (χ0n) is 10.3. The Kier molecular flexibility index (Phi) is 3.39. The smallest absolute Gasteiger partial charge is 0.0541 e. The monoisotopic (exact) mass is 231 g/mol. The molecular weight excluding hydrogens is 210 g/mol. The van der Waals surface area contributed by atoms with Crippen molar-refractivity contribution in [3.8, 4) is 0 Å². The van der Waals surface area contributed by atoms with Crippen LogP contribution in [-0.2, 0) is 6.54 Å². The number of fused-ring (bicyclic) bond motifs is 1. The van der Waals surface area contributed by atoms with Gasteiger partial charge in [-0.1, -0.05) is 6.07 Å². The third-order valence-corrected chi connectivity index (χ3v) is 4.12. The molecule has 0 aliphatic carbocycles. The molecule has 92 valence electrons. The Hall–Kier alpha value is -0.930. The maximum Gasteiger partial charge on any atom is 0.0541 e. The van der Waals surface area contributed by atoms with Gasteiger partial charge in [-0.3, -0.25) is 4.98 Å². The summed E-state index contributed by atoms with van der Waals surface area (Å²) in [5.41, 5.74) is 1.15. The van der Waals surface area contributed by atoms with Crippen LogP contribution < -0.4 is 5.32 Å². The van der Waals surface area contributed by atoms with Crippen LogP contribution in [0, 0.1) is 0 Å². The van der Waals surface area contributed by atoms with Crippen molar-refractivity contribution < 1.29 is 0 Å². The molecule has 0 aromatic carbocycles. The molecular formula is C14H21N3. The van der Waals surface area contributed by atoms with E-state index in [0.29, 0.717) is 6.04 Å². The molecule has 1 N–H and O–H groups in total. The van der Waals surface area contributed by atoms with E-state index in [2.05, 4.69) is 27.3 Å². The third kappa shape index (κ3) is 2.67. The fourth-order valence-electron chi connectivity index (χ4n) is 3.16. The quantitative estimate of drug-likeness (QED) is 0.860. The van der Waals surface area contributed by atoms with E-state index in [-0.39, 0.29) is 0 Å². The first-order valence-corrected chi connectivity index (χ1v) is 6.79. The number of nitrogens with zero attached hydrogens (tertiary/aromatic N) is 2. The van der Waals surface area contributed by atoms with Crippen molar-refractivity contribution in [1.82, 2.24) is 15.2 Å². The average molecular weight is 231 g/mol. The van der Waals surface area contributed by atoms with Gasteiger partial charge in [-0.05, 0) is 50.9 Å². The predicted molar refractivity (Wildman–Crippen MR) is 68.7 cm³/mol. The molecule has 2 aliphatic heterocycles. The number of aromatic nitrogens is 1. The standard InChI is InChI=1S/C14H21N3/c1-2-7-15-13(4-1)11-16-12-6-9-17-8-3-5-14(17)10-12/h1-2,4,7,12,14,16H,3,5-6,8-11H2. The van der Waals surface area contributed by atoms with Gasteiger partial charge in [0, 0.05) is 24.8 Å². The summed E-state index contributed by atoms with van der Waals surface area (Å²) in [6, 6.07) is 7.67. The van der Waals surface area contributed by atoms with Gasteiger partial charge in [-0.25, -0.2) is 0 Å². The number of rotatable bonds is 3. The Balaban J connectivity index is 1.50. The molecule has 1 aromatic rings. The van der Waals surface area contributed by atoms with E-state index in [9.17, 15) is 0 Å². The van der Waals surface area contributed by atoms with Gasteiger partial charge in [-0.2, -0.15) is 0 Å². The van der Waals surface area contributed by atoms with E-state index in [1.165, 1.54) is 38.8 Å². The number of piperidine rings is 1. The number of hydrogen-bond acceptors (Lipinski definition) is 3. The Morgan fingerprint density at radius 3 is 3.18 bits per heavy atom. The van der Waals surface area contributed by atoms with Crippen molar-refractivity contribution in [2.75, 3.05) is 13.1 Å². The Labute approximate surface area is 103 Å². The largest absolute Gasteiger partial charge is 0.308 e. The lowest BCUT2D eigenvalue weighted by Crippen LogP contribution is -2.45. The van der Waals surface area contributed by atoms with Crippen molar-refractivity contribution in [3.05, 3.63) is 30.1 Å². The SMILES string of the molecule is c1ccc(CNC2CCN3CCCC3C2)nc1. The second kappa shape index (κ2) is 5.15. The lowest BCUT2D eigenvalue weighted by Gasteiger charge is -2.35. The van der Waals surface area contributed by atoms with Gasteiger partial charge in [0.25, 0.3) is 0 Å². The maximum absolute atomic E-state index is 4.36. The summed E-state index contributed by atoms with van der Waals surface area (Å²) < 4.78 is 0. The molecule has 0 bridgehead atoms. The zero-order valence-corrected chi connectivity index (χ0v) is 10.3. The normalized spacial score (nSPS) is 29.2. The first kappa shape index (κ1) is 11.2. The molecule has 2 atom stereocenters. The van der Waals surface area contributed by atoms with E-state index < -0.39 is 0 Å². The van der Waals surface area contributed by atoms with Crippen LogP contribution >= 0.6 is 0 Å². The van der Waals surface area contributed by atoms with Gasteiger partial charge in [-0.15, -0.1) is 0 Å². The number of nitrogens with one attached hydrogen (secondary N) is 1. The van der Waals surface area contributed by atoms with Crippen molar-refractivity contribution in [3.63, 3.8) is 0 Å². The Morgan fingerprint density at radius 2 is 2.29 bits per heavy atom. The second-order valence-electron chi connectivity index (χ2n) is 5.26. The molecule has 3 rings (SSSR count). The molecule has 17 heavy (non-hydrogen) atoms. The summed E-state index contributed by atoms with van der Waals surface area (Å²) in [7, 11) is 0. The van der Waals surface area contributed by atoms with Gasteiger partial charge >= 0.3 is 0 Å². The van der Waals surface area contributed by atoms with E-state index in [4.69, 9.17) is 0 Å². The average Bonchev–Trinajstić information content (AvgIpc) is 2.85. The van der Waals surface area contributed by atoms with E-state index in [0.717, 1.165) is 18.3 Å². The molecule has 0 spiro atoms. The van der Waals surface area contributed by atoms with Gasteiger partial charge in [0.05, 0.1) is 5.69 Å². The minimum Gasteiger partial charge on any atom is -0.308 e. The molecule has 2 fully saturated rings. The number of pyridine rings is 1. The van der Waals surface area contributed by atoms with Crippen LogP contribution in [0.2, 0.25) is 0 Å². The molecule has 0 amide bonds. The molecule has 2 aliphatic rings. The van der Waals surface area contributed by atoms with Crippen LogP contribution in [0.1, 0.15) is 31.4 Å². The van der Waals surface area contributed by atoms with Gasteiger partial charge in [0.2, 0.25) is 0 Å². The Bertz CT molecular complexity index is 352. The molecule has 2 saturated heterocycles. The van der Waals surface area contributed by atoms with Crippen molar-refractivity contribution >= 4 is 0 Å². The van der Waals surface area contributed by atoms with Crippen molar-refractivity contribution in [2.24, 2.45) is 0 Å². The molecule has 3 heteroatoms. The molecule has 3 heterocycles. The fraction of sp³-hybridized carbons (Fsp3) is 0.643. The zero-order chi connectivity index (χ0) is 11.5. The molecule has 0 radical (unpaired) electrons. The number of hydrogen-bond donors (Lipinski definition) is 1. The fourth-order valence-corrected chi connectivity index (χ4v) is 3.16. The first-order chi connectivity index (χ1) is 8.42. The highest BCUT2D eigenvalue weighted by atomic mass is 15.2. The van der Waals surface area contributed by atoms with Gasteiger partial charge in [0.1, 0.15) is 0 Å². The van der Waals surface area contributed by atoms with Crippen LogP contribution in [0.3, 0.4) is 0 Å². The summed E-state index contributed by atoms with van der Waals surface area (Å²) in [6.45, 7) is 3.53. The van der Waals surface area contributed by atoms with Gasteiger partial charge in [0.15, 0.2) is 0 Å². The highest BCUT2D eigenvalue weighted by Crippen LogP contribution is 2.26. The molecule has 1 aromatic heterocycles. The molecule has 3 nitrogen and oxygen atoms in total. The van der Waals surface area contributed by atoms with E-state index in [1.54, 1.807) is 0 Å². The van der Waals surface area contributed by atoms with Crippen LogP contribution in [0.25, 0.3) is 0 Å². The molecule has 0 saturated carbocycles. The third-order valence-electron chi connectivity index (χ3n) is 4.12. The summed E-state index contributed by atoms with van der Waals surface area (Å²) in [6.07, 6.45) is 7.30. The minimum absolute atomic E-state index is 0.691. The van der Waals surface area contributed by atoms with E-state index in [1.807, 2.05) is 12.3 Å². The predicted octanol–water partition coefficient (Wildman–Crippen LogP) is 1.80. The highest BCUT2D eigenvalue weighted by Gasteiger charge is 2.31. The van der Waals surface area contributed by atoms with Crippen LogP contribution in [0.5, 0.6) is 0 Å². The second-order valence-corrected chi connectivity index (χ2v) is 5.26. The summed E-state index contributed by atoms with van der Waals surface area (Å²) in [5, 5.41) is 3.66. The minimum atomic E-state index is 0.691. The summed E-state index contributed by atoms with van der Waals surface area (Å²) in [5.74, 6) is 0. The van der Waals surface area contributed by atoms with Crippen LogP contribution in [-0.4, -0.2) is 35.1 Å². The summed E-state index contributed by atoms with van der Waals surface area (Å²) >= 11 is 0.